The van der Waals surface area contributed by atoms with Crippen LogP contribution >= 0.6 is 22.9 Å². The zero-order chi connectivity index (χ0) is 18.2. The normalized spacial score (nSPS) is 18.4. The summed E-state index contributed by atoms with van der Waals surface area (Å²) in [6.07, 6.45) is -3.04. The van der Waals surface area contributed by atoms with Crippen LogP contribution in [-0.4, -0.2) is 34.2 Å². The molecule has 0 aromatic carbocycles. The van der Waals surface area contributed by atoms with E-state index in [1.807, 2.05) is 0 Å². The van der Waals surface area contributed by atoms with Gasteiger partial charge in [-0.25, -0.2) is 4.98 Å². The highest BCUT2D eigenvalue weighted by Gasteiger charge is 2.35. The van der Waals surface area contributed by atoms with Gasteiger partial charge in [0.2, 0.25) is 0 Å². The Bertz CT molecular complexity index is 797. The molecule has 11 heteroatoms. The summed E-state index contributed by atoms with van der Waals surface area (Å²) in [5, 5.41) is 9.16. The lowest BCUT2D eigenvalue weighted by Gasteiger charge is -2.33. The second-order valence-electron chi connectivity index (χ2n) is 5.62. The van der Waals surface area contributed by atoms with E-state index in [0.29, 0.717) is 30.9 Å². The third kappa shape index (κ3) is 3.84. The fourth-order valence-corrected chi connectivity index (χ4v) is 3.85. The molecule has 1 saturated heterocycles. The maximum Gasteiger partial charge on any atom is 0.434 e. The van der Waals surface area contributed by atoms with Crippen molar-refractivity contribution in [3.63, 3.8) is 0 Å². The number of rotatable bonds is 3. The van der Waals surface area contributed by atoms with Gasteiger partial charge in [-0.3, -0.25) is 4.79 Å². The van der Waals surface area contributed by atoms with Crippen molar-refractivity contribution in [1.29, 1.82) is 0 Å². The van der Waals surface area contributed by atoms with Gasteiger partial charge >= 0.3 is 6.18 Å². The maximum atomic E-state index is 12.7. The number of aromatic nitrogens is 3. The first kappa shape index (κ1) is 17.9. The van der Waals surface area contributed by atoms with Crippen molar-refractivity contribution >= 4 is 34.7 Å². The van der Waals surface area contributed by atoms with Crippen molar-refractivity contribution in [2.45, 2.75) is 24.9 Å². The van der Waals surface area contributed by atoms with Gasteiger partial charge in [0.25, 0.3) is 5.91 Å². The summed E-state index contributed by atoms with van der Waals surface area (Å²) in [4.78, 5) is 17.1. The van der Waals surface area contributed by atoms with E-state index in [-0.39, 0.29) is 22.5 Å². The lowest BCUT2D eigenvalue weighted by Crippen LogP contribution is -2.36. The van der Waals surface area contributed by atoms with Crippen molar-refractivity contribution in [3.05, 3.63) is 32.9 Å². The maximum absolute atomic E-state index is 12.7. The Labute approximate surface area is 149 Å². The average Bonchev–Trinajstić information content (AvgIpc) is 3.05. The number of nitrogens with zero attached hydrogens (tertiary/aromatic N) is 4. The minimum atomic E-state index is -4.45. The fraction of sp³-hybridized carbons (Fsp3) is 0.429. The Balaban J connectivity index is 1.85. The van der Waals surface area contributed by atoms with Gasteiger partial charge in [0.1, 0.15) is 0 Å². The predicted octanol–water partition coefficient (Wildman–Crippen LogP) is 3.09. The molecule has 0 spiro atoms. The largest absolute Gasteiger partial charge is 0.434 e. The van der Waals surface area contributed by atoms with Crippen molar-refractivity contribution < 1.29 is 18.0 Å². The quantitative estimate of drug-likeness (QED) is 0.869. The molecule has 2 N–H and O–H groups in total. The van der Waals surface area contributed by atoms with Crippen LogP contribution in [0, 0.1) is 0 Å². The Morgan fingerprint density at radius 3 is 2.80 bits per heavy atom. The van der Waals surface area contributed by atoms with Gasteiger partial charge in [-0.15, -0.1) is 21.5 Å². The molecular formula is C14H13ClF3N5OS. The molecule has 2 aromatic rings. The molecule has 134 valence electrons. The number of carbonyl (C=O) groups is 1. The molecule has 1 aliphatic heterocycles. The predicted molar refractivity (Wildman–Crippen MR) is 86.9 cm³/mol. The van der Waals surface area contributed by atoms with Gasteiger partial charge < -0.3 is 10.6 Å². The Kier molecular flexibility index (Phi) is 4.83. The third-order valence-electron chi connectivity index (χ3n) is 3.89. The zero-order valence-electron chi connectivity index (χ0n) is 12.8. The van der Waals surface area contributed by atoms with Crippen molar-refractivity contribution in [2.75, 3.05) is 18.0 Å². The molecule has 1 fully saturated rings. The van der Waals surface area contributed by atoms with Crippen LogP contribution in [-0.2, 0) is 6.18 Å². The number of hydrogen-bond donors (Lipinski definition) is 1. The second-order valence-corrected chi connectivity index (χ2v) is 6.90. The van der Waals surface area contributed by atoms with Gasteiger partial charge in [-0.05, 0) is 18.9 Å². The monoisotopic (exact) mass is 391 g/mol. The van der Waals surface area contributed by atoms with E-state index < -0.39 is 17.8 Å². The van der Waals surface area contributed by atoms with E-state index in [2.05, 4.69) is 15.2 Å². The number of primary amides is 1. The van der Waals surface area contributed by atoms with Gasteiger partial charge in [0, 0.05) is 24.4 Å². The lowest BCUT2D eigenvalue weighted by molar-refractivity contribution is -0.140. The van der Waals surface area contributed by atoms with E-state index in [1.54, 1.807) is 4.90 Å². The summed E-state index contributed by atoms with van der Waals surface area (Å²) < 4.78 is 38.2. The molecule has 0 saturated carbocycles. The molecule has 1 unspecified atom stereocenters. The molecule has 1 atom stereocenters. The number of anilines is 1. The van der Waals surface area contributed by atoms with Crippen molar-refractivity contribution in [2.24, 2.45) is 5.73 Å². The van der Waals surface area contributed by atoms with Gasteiger partial charge in [-0.2, -0.15) is 13.2 Å². The summed E-state index contributed by atoms with van der Waals surface area (Å²) in [5.74, 6) is -0.593. The number of hydrogen-bond acceptors (Lipinski definition) is 6. The van der Waals surface area contributed by atoms with Crippen molar-refractivity contribution in [3.8, 4) is 0 Å². The number of alkyl halides is 3. The van der Waals surface area contributed by atoms with Gasteiger partial charge in [-0.1, -0.05) is 11.6 Å². The zero-order valence-corrected chi connectivity index (χ0v) is 14.3. The Morgan fingerprint density at radius 2 is 2.16 bits per heavy atom. The number of amides is 1. The molecule has 2 aromatic heterocycles. The number of piperidine rings is 1. The summed E-state index contributed by atoms with van der Waals surface area (Å²) in [5.41, 5.74) is 4.61. The third-order valence-corrected chi connectivity index (χ3v) is 5.08. The molecule has 6 nitrogen and oxygen atoms in total. The number of carbonyl (C=O) groups excluding carboxylic acids is 1. The van der Waals surface area contributed by atoms with Crippen LogP contribution in [0.4, 0.5) is 19.0 Å². The van der Waals surface area contributed by atoms with Crippen LogP contribution in [0.1, 0.15) is 39.8 Å². The van der Waals surface area contributed by atoms with Crippen LogP contribution in [0.2, 0.25) is 5.15 Å². The SMILES string of the molecule is NC(=O)c1cc(Cl)nnc1N1CCCC(c2nc(C(F)(F)F)cs2)C1. The second kappa shape index (κ2) is 6.75. The highest BCUT2D eigenvalue weighted by molar-refractivity contribution is 7.09. The average molecular weight is 392 g/mol. The molecule has 0 bridgehead atoms. The first-order valence-electron chi connectivity index (χ1n) is 7.36. The summed E-state index contributed by atoms with van der Waals surface area (Å²) >= 11 is 6.74. The van der Waals surface area contributed by atoms with Crippen LogP contribution in [0.15, 0.2) is 11.4 Å². The lowest BCUT2D eigenvalue weighted by atomic mass is 9.98. The number of thiazole rings is 1. The van der Waals surface area contributed by atoms with Crippen LogP contribution in [0.5, 0.6) is 0 Å². The van der Waals surface area contributed by atoms with Gasteiger partial charge in [0.15, 0.2) is 16.7 Å². The molecule has 3 rings (SSSR count). The molecule has 25 heavy (non-hydrogen) atoms. The molecule has 3 heterocycles. The Morgan fingerprint density at radius 1 is 1.40 bits per heavy atom. The van der Waals surface area contributed by atoms with E-state index in [9.17, 15) is 18.0 Å². The summed E-state index contributed by atoms with van der Waals surface area (Å²) in [6, 6.07) is 1.33. The smallest absolute Gasteiger partial charge is 0.365 e. The fourth-order valence-electron chi connectivity index (χ4n) is 2.75. The topological polar surface area (TPSA) is 85.0 Å². The van der Waals surface area contributed by atoms with Gasteiger partial charge in [0.05, 0.1) is 10.6 Å². The van der Waals surface area contributed by atoms with E-state index >= 15 is 0 Å². The van der Waals surface area contributed by atoms with Crippen LogP contribution in [0.3, 0.4) is 0 Å². The summed E-state index contributed by atoms with van der Waals surface area (Å²) in [7, 11) is 0. The number of nitrogens with two attached hydrogens (primary N) is 1. The molecular weight excluding hydrogens is 379 g/mol. The van der Waals surface area contributed by atoms with Crippen molar-refractivity contribution in [1.82, 2.24) is 15.2 Å². The van der Waals surface area contributed by atoms with E-state index in [1.165, 1.54) is 6.07 Å². The molecule has 1 amide bonds. The highest BCUT2D eigenvalue weighted by Crippen LogP contribution is 2.36. The number of halogens is 4. The van der Waals surface area contributed by atoms with E-state index in [0.717, 1.165) is 16.7 Å². The first-order valence-corrected chi connectivity index (χ1v) is 8.62. The highest BCUT2D eigenvalue weighted by atomic mass is 35.5. The molecule has 1 aliphatic rings. The van der Waals surface area contributed by atoms with Crippen LogP contribution < -0.4 is 10.6 Å². The Hall–Kier alpha value is -1.94. The first-order chi connectivity index (χ1) is 11.8. The van der Waals surface area contributed by atoms with E-state index in [4.69, 9.17) is 17.3 Å². The standard InChI is InChI=1S/C14H13ClF3N5OS/c15-10-4-8(11(19)24)12(22-21-10)23-3-1-2-7(5-23)13-20-9(6-25-13)14(16,17)18/h4,6-7H,1-3,5H2,(H2,19,24). The van der Waals surface area contributed by atoms with Crippen LogP contribution in [0.25, 0.3) is 0 Å². The molecule has 0 radical (unpaired) electrons. The minimum Gasteiger partial charge on any atom is -0.365 e. The molecule has 0 aliphatic carbocycles. The summed E-state index contributed by atoms with van der Waals surface area (Å²) in [6.45, 7) is 0.964. The minimum absolute atomic E-state index is 0.0425.